The van der Waals surface area contributed by atoms with Crippen LogP contribution in [0.4, 0.5) is 34.1 Å². The van der Waals surface area contributed by atoms with Crippen molar-refractivity contribution in [3.8, 4) is 0 Å². The molecule has 6 aromatic carbocycles. The predicted octanol–water partition coefficient (Wildman–Crippen LogP) is 15.4. The molecule has 0 spiro atoms. The molecule has 0 saturated heterocycles. The van der Waals surface area contributed by atoms with E-state index in [0.717, 1.165) is 66.2 Å². The molecule has 67 heavy (non-hydrogen) atoms. The minimum Gasteiger partial charge on any atom is -0.311 e. The van der Waals surface area contributed by atoms with Crippen LogP contribution < -0.4 is 26.2 Å². The van der Waals surface area contributed by atoms with Gasteiger partial charge in [-0.3, -0.25) is 0 Å². The Morgan fingerprint density at radius 2 is 0.985 bits per heavy atom. The SMILES string of the molecule is [2H]C([2H])([2H])c1cc2c3c(c1)N(c1cc4c(cc1C)C(C)(C)CCC4(C)C)c1cc4c(cc1B3c1ccc(C(C)(C)c3ccccc3)cc1N2c1ccc2c(c1)C(C)(C)CCC2(C)C)C(C)(C)CC4(C)C. The molecule has 0 aromatic heterocycles. The van der Waals surface area contributed by atoms with Crippen molar-refractivity contribution in [2.45, 2.75) is 181 Å². The second-order valence-electron chi connectivity index (χ2n) is 26.1. The van der Waals surface area contributed by atoms with Crippen molar-refractivity contribution < 1.29 is 4.11 Å². The van der Waals surface area contributed by atoms with Crippen molar-refractivity contribution in [3.05, 3.63) is 159 Å². The zero-order valence-electron chi connectivity index (χ0n) is 46.3. The Morgan fingerprint density at radius 3 is 1.61 bits per heavy atom. The smallest absolute Gasteiger partial charge is 0.252 e. The van der Waals surface area contributed by atoms with Crippen LogP contribution in [0.15, 0.2) is 103 Å². The fraction of sp³-hybridized carbons (Fsp3) is 0.438. The van der Waals surface area contributed by atoms with Crippen LogP contribution in [0.25, 0.3) is 0 Å². The predicted molar refractivity (Wildman–Crippen MR) is 290 cm³/mol. The van der Waals surface area contributed by atoms with E-state index < -0.39 is 6.85 Å². The molecule has 344 valence electrons. The van der Waals surface area contributed by atoms with E-state index in [1.54, 1.807) is 0 Å². The summed E-state index contributed by atoms with van der Waals surface area (Å²) >= 11 is 0. The molecule has 0 fully saturated rings. The van der Waals surface area contributed by atoms with Crippen molar-refractivity contribution in [2.75, 3.05) is 9.80 Å². The molecule has 2 nitrogen and oxygen atoms in total. The van der Waals surface area contributed by atoms with Crippen LogP contribution in [0.1, 0.15) is 189 Å². The highest BCUT2D eigenvalue weighted by molar-refractivity contribution is 7.00. The van der Waals surface area contributed by atoms with Gasteiger partial charge in [-0.2, -0.15) is 0 Å². The van der Waals surface area contributed by atoms with E-state index in [1.165, 1.54) is 66.5 Å². The van der Waals surface area contributed by atoms with E-state index in [-0.39, 0.29) is 44.6 Å². The molecule has 0 saturated carbocycles. The van der Waals surface area contributed by atoms with Gasteiger partial charge in [0.2, 0.25) is 0 Å². The minimum absolute atomic E-state index is 0.0197. The van der Waals surface area contributed by atoms with Gasteiger partial charge in [-0.05, 0) is 193 Å². The molecule has 3 heteroatoms. The summed E-state index contributed by atoms with van der Waals surface area (Å²) in [6.07, 6.45) is 5.54. The lowest BCUT2D eigenvalue weighted by Crippen LogP contribution is -2.61. The van der Waals surface area contributed by atoms with E-state index in [0.29, 0.717) is 5.56 Å². The highest BCUT2D eigenvalue weighted by atomic mass is 15.2. The fourth-order valence-electron chi connectivity index (χ4n) is 14.1. The van der Waals surface area contributed by atoms with Crippen LogP contribution >= 0.6 is 0 Å². The van der Waals surface area contributed by atoms with Crippen LogP contribution in [0, 0.1) is 13.8 Å². The number of fused-ring (bicyclic) bond motifs is 7. The van der Waals surface area contributed by atoms with E-state index in [9.17, 15) is 4.11 Å². The van der Waals surface area contributed by atoms with Gasteiger partial charge in [-0.25, -0.2) is 0 Å². The van der Waals surface area contributed by atoms with Gasteiger partial charge in [-0.15, -0.1) is 0 Å². The average Bonchev–Trinajstić information content (AvgIpc) is 3.47. The van der Waals surface area contributed by atoms with Crippen LogP contribution in [0.2, 0.25) is 0 Å². The normalized spacial score (nSPS) is 21.4. The number of benzene rings is 6. The van der Waals surface area contributed by atoms with Crippen LogP contribution in [-0.2, 0) is 37.9 Å². The maximum atomic E-state index is 9.25. The number of hydrogen-bond donors (Lipinski definition) is 0. The lowest BCUT2D eigenvalue weighted by Gasteiger charge is -2.47. The van der Waals surface area contributed by atoms with Gasteiger partial charge in [0.05, 0.1) is 0 Å². The summed E-state index contributed by atoms with van der Waals surface area (Å²) in [5.74, 6) is 0. The third kappa shape index (κ3) is 6.48. The molecular formula is C64H75BN2. The lowest BCUT2D eigenvalue weighted by atomic mass is 9.33. The summed E-state index contributed by atoms with van der Waals surface area (Å²) < 4.78 is 27.7. The minimum atomic E-state index is -2.36. The van der Waals surface area contributed by atoms with Gasteiger partial charge in [0.25, 0.3) is 6.71 Å². The number of hydrogen-bond acceptors (Lipinski definition) is 2. The molecule has 0 N–H and O–H groups in total. The van der Waals surface area contributed by atoms with Gasteiger partial charge < -0.3 is 9.80 Å². The van der Waals surface area contributed by atoms with Gasteiger partial charge in [0.15, 0.2) is 0 Å². The average molecular weight is 886 g/mol. The van der Waals surface area contributed by atoms with Gasteiger partial charge in [0.1, 0.15) is 0 Å². The van der Waals surface area contributed by atoms with Crippen molar-refractivity contribution in [2.24, 2.45) is 0 Å². The van der Waals surface area contributed by atoms with Gasteiger partial charge in [0, 0.05) is 43.7 Å². The van der Waals surface area contributed by atoms with Crippen molar-refractivity contribution in [1.29, 1.82) is 0 Å². The summed E-state index contributed by atoms with van der Waals surface area (Å²) in [5.41, 5.74) is 22.3. The summed E-state index contributed by atoms with van der Waals surface area (Å²) in [6, 6.07) is 39.5. The molecule has 3 aliphatic carbocycles. The van der Waals surface area contributed by atoms with E-state index in [4.69, 9.17) is 0 Å². The van der Waals surface area contributed by atoms with E-state index >= 15 is 0 Å². The Kier molecular flexibility index (Phi) is 8.60. The molecule has 0 bridgehead atoms. The molecule has 0 amide bonds. The highest BCUT2D eigenvalue weighted by Crippen LogP contribution is 2.55. The van der Waals surface area contributed by atoms with E-state index in [1.807, 2.05) is 12.1 Å². The van der Waals surface area contributed by atoms with Crippen LogP contribution in [0.3, 0.4) is 0 Å². The standard InChI is InChI=1S/C64H75BN2/c1-39-30-55-57-56(31-39)67(52-36-48-45(32-40(52)2)59(5,6)28-29-61(48,9)10)54-37-49-47(62(11,12)38-63(49,13)14)35-51(54)65(57)50-25-22-42(64(15,16)41-20-18-17-19-21-41)33-53(50)66(55)43-23-24-44-46(34-43)60(7,8)27-26-58(44,3)4/h17-25,30-37H,26-29,38H2,1-16H3/i1D3. The molecule has 2 aliphatic heterocycles. The zero-order chi connectivity index (χ0) is 50.3. The largest absolute Gasteiger partial charge is 0.311 e. The number of aryl methyl sites for hydroxylation is 2. The fourth-order valence-corrected chi connectivity index (χ4v) is 14.1. The molecule has 0 unspecified atom stereocenters. The first-order chi connectivity index (χ1) is 32.4. The first-order valence-corrected chi connectivity index (χ1v) is 25.4. The molecule has 11 rings (SSSR count). The Balaban J connectivity index is 1.28. The van der Waals surface area contributed by atoms with E-state index in [2.05, 4.69) is 205 Å². The van der Waals surface area contributed by atoms with Gasteiger partial charge in [-0.1, -0.05) is 158 Å². The topological polar surface area (TPSA) is 6.48 Å². The van der Waals surface area contributed by atoms with Crippen molar-refractivity contribution in [1.82, 2.24) is 0 Å². The summed E-state index contributed by atoms with van der Waals surface area (Å²) in [6.45, 7) is 33.4. The number of anilines is 6. The maximum absolute atomic E-state index is 9.25. The number of nitrogens with zero attached hydrogens (tertiary/aromatic N) is 2. The molecule has 6 aromatic rings. The number of rotatable bonds is 4. The quantitative estimate of drug-likeness (QED) is 0.163. The highest BCUT2D eigenvalue weighted by Gasteiger charge is 2.49. The van der Waals surface area contributed by atoms with Crippen molar-refractivity contribution >= 4 is 57.2 Å². The summed E-state index contributed by atoms with van der Waals surface area (Å²) in [5, 5.41) is 0. The monoisotopic (exact) mass is 886 g/mol. The Labute approximate surface area is 408 Å². The first-order valence-electron chi connectivity index (χ1n) is 26.9. The Bertz CT molecular complexity index is 3180. The molecule has 2 heterocycles. The lowest BCUT2D eigenvalue weighted by molar-refractivity contribution is 0.332. The van der Waals surface area contributed by atoms with Crippen LogP contribution in [0.5, 0.6) is 0 Å². The second-order valence-corrected chi connectivity index (χ2v) is 26.1. The van der Waals surface area contributed by atoms with Gasteiger partial charge >= 0.3 is 0 Å². The summed E-state index contributed by atoms with van der Waals surface area (Å²) in [7, 11) is 0. The summed E-state index contributed by atoms with van der Waals surface area (Å²) in [4.78, 5) is 4.99. The molecule has 5 aliphatic rings. The third-order valence-corrected chi connectivity index (χ3v) is 18.3. The Hall–Kier alpha value is -5.02. The first kappa shape index (κ1) is 41.0. The molecule has 0 atom stereocenters. The van der Waals surface area contributed by atoms with Crippen molar-refractivity contribution in [3.63, 3.8) is 0 Å². The molecule has 0 radical (unpaired) electrons. The molecular weight excluding hydrogens is 808 g/mol. The Morgan fingerprint density at radius 1 is 0.463 bits per heavy atom. The zero-order valence-corrected chi connectivity index (χ0v) is 43.3. The van der Waals surface area contributed by atoms with Crippen LogP contribution in [-0.4, -0.2) is 6.71 Å². The second kappa shape index (κ2) is 14.0. The third-order valence-electron chi connectivity index (χ3n) is 18.3. The maximum Gasteiger partial charge on any atom is 0.252 e.